The minimum atomic E-state index is -0.580. The zero-order valence-corrected chi connectivity index (χ0v) is 11.8. The van der Waals surface area contributed by atoms with Crippen LogP contribution in [0.5, 0.6) is 0 Å². The Kier molecular flexibility index (Phi) is 5.92. The molecule has 1 aromatic carbocycles. The minimum Gasteiger partial charge on any atom is -0.351 e. The third-order valence-electron chi connectivity index (χ3n) is 2.27. The van der Waals surface area contributed by atoms with Gasteiger partial charge in [0.15, 0.2) is 0 Å². The summed E-state index contributed by atoms with van der Waals surface area (Å²) in [5, 5.41) is 2.75. The average molecular weight is 323 g/mol. The van der Waals surface area contributed by atoms with Gasteiger partial charge in [-0.2, -0.15) is 0 Å². The molecule has 0 saturated heterocycles. The van der Waals surface area contributed by atoms with E-state index >= 15 is 0 Å². The van der Waals surface area contributed by atoms with Crippen molar-refractivity contribution in [1.82, 2.24) is 5.32 Å². The molecular weight excluding hydrogens is 308 g/mol. The normalized spacial score (nSPS) is 12.2. The second-order valence-electron chi connectivity index (χ2n) is 3.72. The Bertz CT molecular complexity index is 400. The van der Waals surface area contributed by atoms with E-state index in [2.05, 4.69) is 28.2 Å². The van der Waals surface area contributed by atoms with E-state index in [-0.39, 0.29) is 21.3 Å². The highest BCUT2D eigenvalue weighted by Gasteiger charge is 2.10. The Balaban J connectivity index is 2.55. The van der Waals surface area contributed by atoms with Crippen molar-refractivity contribution in [3.8, 4) is 0 Å². The van der Waals surface area contributed by atoms with E-state index in [0.717, 1.165) is 18.9 Å². The van der Waals surface area contributed by atoms with Gasteiger partial charge in [-0.3, -0.25) is 4.79 Å². The molecule has 94 valence electrons. The van der Waals surface area contributed by atoms with Crippen molar-refractivity contribution in [3.63, 3.8) is 0 Å². The van der Waals surface area contributed by atoms with Gasteiger partial charge in [0.2, 0.25) is 0 Å². The lowest BCUT2D eigenvalue weighted by atomic mass is 10.2. The molecule has 2 nitrogen and oxygen atoms in total. The Morgan fingerprint density at radius 3 is 2.88 bits per heavy atom. The number of amides is 1. The molecule has 0 saturated carbocycles. The van der Waals surface area contributed by atoms with E-state index in [1.807, 2.05) is 0 Å². The van der Waals surface area contributed by atoms with E-state index in [1.54, 1.807) is 0 Å². The number of carbonyl (C=O) groups excluding carboxylic acids is 1. The van der Waals surface area contributed by atoms with Gasteiger partial charge >= 0.3 is 0 Å². The molecule has 0 fully saturated rings. The van der Waals surface area contributed by atoms with Crippen LogP contribution in [-0.4, -0.2) is 17.3 Å². The third-order valence-corrected chi connectivity index (χ3v) is 3.36. The zero-order chi connectivity index (χ0) is 12.8. The largest absolute Gasteiger partial charge is 0.351 e. The molecular formula is C12H14BrClFNO. The van der Waals surface area contributed by atoms with Gasteiger partial charge in [0.25, 0.3) is 5.91 Å². The summed E-state index contributed by atoms with van der Waals surface area (Å²) in [6.07, 6.45) is 2.02. The van der Waals surface area contributed by atoms with Crippen molar-refractivity contribution in [3.05, 3.63) is 34.6 Å². The van der Waals surface area contributed by atoms with E-state index in [4.69, 9.17) is 11.6 Å². The number of carbonyl (C=O) groups is 1. The van der Waals surface area contributed by atoms with Crippen molar-refractivity contribution >= 4 is 33.4 Å². The zero-order valence-electron chi connectivity index (χ0n) is 9.47. The molecule has 0 bridgehead atoms. The van der Waals surface area contributed by atoms with Gasteiger partial charge in [0, 0.05) is 16.9 Å². The van der Waals surface area contributed by atoms with Gasteiger partial charge in [0.1, 0.15) is 5.82 Å². The van der Waals surface area contributed by atoms with Crippen molar-refractivity contribution in [2.75, 3.05) is 6.54 Å². The molecule has 0 aromatic heterocycles. The van der Waals surface area contributed by atoms with E-state index in [9.17, 15) is 9.18 Å². The lowest BCUT2D eigenvalue weighted by Crippen LogP contribution is -2.29. The molecule has 0 aliphatic carbocycles. The summed E-state index contributed by atoms with van der Waals surface area (Å²) >= 11 is 9.00. The summed E-state index contributed by atoms with van der Waals surface area (Å²) in [4.78, 5) is 11.9. The summed E-state index contributed by atoms with van der Waals surface area (Å²) < 4.78 is 13.1. The first kappa shape index (κ1) is 14.5. The Morgan fingerprint density at radius 2 is 2.29 bits per heavy atom. The van der Waals surface area contributed by atoms with Gasteiger partial charge in [-0.15, -0.1) is 0 Å². The van der Waals surface area contributed by atoms with Crippen molar-refractivity contribution < 1.29 is 9.18 Å². The molecule has 1 aromatic rings. The minimum absolute atomic E-state index is 0.0194. The van der Waals surface area contributed by atoms with Gasteiger partial charge in [-0.1, -0.05) is 40.9 Å². The second kappa shape index (κ2) is 6.97. The molecule has 5 heteroatoms. The van der Waals surface area contributed by atoms with Crippen LogP contribution in [0.25, 0.3) is 0 Å². The van der Waals surface area contributed by atoms with Crippen LogP contribution in [-0.2, 0) is 0 Å². The second-order valence-corrected chi connectivity index (χ2v) is 5.43. The molecule has 0 heterocycles. The molecule has 1 amide bonds. The van der Waals surface area contributed by atoms with Crippen LogP contribution in [0.15, 0.2) is 18.2 Å². The van der Waals surface area contributed by atoms with Crippen LogP contribution in [0.2, 0.25) is 5.02 Å². The van der Waals surface area contributed by atoms with Crippen molar-refractivity contribution in [2.45, 2.75) is 24.6 Å². The number of nitrogens with one attached hydrogen (secondary N) is 1. The predicted molar refractivity (Wildman–Crippen MR) is 71.4 cm³/mol. The van der Waals surface area contributed by atoms with Crippen LogP contribution in [0.1, 0.15) is 30.1 Å². The summed E-state index contributed by atoms with van der Waals surface area (Å²) in [5.41, 5.74) is 0.281. The maximum Gasteiger partial charge on any atom is 0.251 e. The van der Waals surface area contributed by atoms with Gasteiger partial charge < -0.3 is 5.32 Å². The Labute approximate surface area is 114 Å². The number of hydrogen-bond donors (Lipinski definition) is 1. The summed E-state index contributed by atoms with van der Waals surface area (Å²) in [5.74, 6) is -0.871. The van der Waals surface area contributed by atoms with Crippen molar-refractivity contribution in [2.24, 2.45) is 0 Å². The Hall–Kier alpha value is -0.610. The number of halogens is 3. The maximum atomic E-state index is 13.1. The summed E-state index contributed by atoms with van der Waals surface area (Å²) in [6.45, 7) is 2.60. The van der Waals surface area contributed by atoms with E-state index in [0.29, 0.717) is 6.54 Å². The van der Waals surface area contributed by atoms with Crippen LogP contribution >= 0.6 is 27.5 Å². The van der Waals surface area contributed by atoms with Gasteiger partial charge in [-0.05, 0) is 24.6 Å². The standard InChI is InChI=1S/C12H14BrClFNO/c1-2-3-9(13)7-16-12(17)8-4-5-10(14)11(15)6-8/h4-6,9H,2-3,7H2,1H3,(H,16,17). The number of rotatable bonds is 5. The highest BCUT2D eigenvalue weighted by Crippen LogP contribution is 2.15. The topological polar surface area (TPSA) is 29.1 Å². The smallest absolute Gasteiger partial charge is 0.251 e. The molecule has 0 spiro atoms. The fourth-order valence-electron chi connectivity index (χ4n) is 1.36. The highest BCUT2D eigenvalue weighted by atomic mass is 79.9. The fourth-order valence-corrected chi connectivity index (χ4v) is 2.10. The highest BCUT2D eigenvalue weighted by molar-refractivity contribution is 9.09. The van der Waals surface area contributed by atoms with E-state index < -0.39 is 5.82 Å². The molecule has 1 N–H and O–H groups in total. The lowest BCUT2D eigenvalue weighted by molar-refractivity contribution is 0.0953. The average Bonchev–Trinajstić information content (AvgIpc) is 2.30. The summed E-state index contributed by atoms with van der Waals surface area (Å²) in [7, 11) is 0. The van der Waals surface area contributed by atoms with Gasteiger partial charge in [0.05, 0.1) is 5.02 Å². The van der Waals surface area contributed by atoms with Crippen LogP contribution in [0.4, 0.5) is 4.39 Å². The van der Waals surface area contributed by atoms with Crippen molar-refractivity contribution in [1.29, 1.82) is 0 Å². The van der Waals surface area contributed by atoms with Crippen LogP contribution in [0, 0.1) is 5.82 Å². The molecule has 0 aliphatic heterocycles. The lowest BCUT2D eigenvalue weighted by Gasteiger charge is -2.10. The van der Waals surface area contributed by atoms with Crippen LogP contribution < -0.4 is 5.32 Å². The third kappa shape index (κ3) is 4.64. The van der Waals surface area contributed by atoms with Crippen LogP contribution in [0.3, 0.4) is 0 Å². The maximum absolute atomic E-state index is 13.1. The molecule has 17 heavy (non-hydrogen) atoms. The monoisotopic (exact) mass is 321 g/mol. The number of alkyl halides is 1. The van der Waals surface area contributed by atoms with E-state index in [1.165, 1.54) is 12.1 Å². The van der Waals surface area contributed by atoms with Gasteiger partial charge in [-0.25, -0.2) is 4.39 Å². The first-order valence-electron chi connectivity index (χ1n) is 5.42. The molecule has 1 atom stereocenters. The fraction of sp³-hybridized carbons (Fsp3) is 0.417. The molecule has 0 aliphatic rings. The quantitative estimate of drug-likeness (QED) is 0.821. The summed E-state index contributed by atoms with van der Waals surface area (Å²) in [6, 6.07) is 4.02. The molecule has 0 radical (unpaired) electrons. The number of benzene rings is 1. The number of hydrogen-bond acceptors (Lipinski definition) is 1. The molecule has 1 unspecified atom stereocenters. The first-order valence-corrected chi connectivity index (χ1v) is 6.71. The first-order chi connectivity index (χ1) is 8.04. The Morgan fingerprint density at radius 1 is 1.59 bits per heavy atom. The molecule has 1 rings (SSSR count). The SMILES string of the molecule is CCCC(Br)CNC(=O)c1ccc(Cl)c(F)c1. The predicted octanol–water partition coefficient (Wildman–Crippen LogP) is 3.77.